The van der Waals surface area contributed by atoms with Gasteiger partial charge in [-0.15, -0.1) is 0 Å². The lowest BCUT2D eigenvalue weighted by Gasteiger charge is -2.38. The SMILES string of the molecule is CCN1CCC[C@](C)(C(=O)NCc2cccnc2-n2cnc3ccccc32)C1. The number of carbonyl (C=O) groups excluding carboxylic acids is 1. The summed E-state index contributed by atoms with van der Waals surface area (Å²) in [5.74, 6) is 0.927. The molecule has 1 aliphatic rings. The molecule has 1 aliphatic heterocycles. The predicted octanol–water partition coefficient (Wildman–Crippen LogP) is 3.16. The second-order valence-electron chi connectivity index (χ2n) is 7.81. The monoisotopic (exact) mass is 377 g/mol. The average Bonchev–Trinajstić information content (AvgIpc) is 3.16. The number of hydrogen-bond donors (Lipinski definition) is 1. The number of carbonyl (C=O) groups is 1. The Kier molecular flexibility index (Phi) is 5.13. The number of rotatable bonds is 5. The first-order chi connectivity index (χ1) is 13.6. The summed E-state index contributed by atoms with van der Waals surface area (Å²) in [6.45, 7) is 7.58. The summed E-state index contributed by atoms with van der Waals surface area (Å²) in [5.41, 5.74) is 2.58. The van der Waals surface area contributed by atoms with Crippen molar-refractivity contribution in [1.82, 2.24) is 24.8 Å². The molecular formula is C22H27N5O. The first kappa shape index (κ1) is 18.6. The lowest BCUT2D eigenvalue weighted by atomic mass is 9.81. The molecular weight excluding hydrogens is 350 g/mol. The van der Waals surface area contributed by atoms with Crippen LogP contribution in [0.5, 0.6) is 0 Å². The summed E-state index contributed by atoms with van der Waals surface area (Å²) in [5, 5.41) is 3.16. The van der Waals surface area contributed by atoms with Gasteiger partial charge >= 0.3 is 0 Å². The van der Waals surface area contributed by atoms with Crippen LogP contribution in [0.1, 0.15) is 32.3 Å². The van der Waals surface area contributed by atoms with Gasteiger partial charge in [-0.1, -0.05) is 25.1 Å². The molecule has 0 unspecified atom stereocenters. The Balaban J connectivity index is 1.54. The van der Waals surface area contributed by atoms with Gasteiger partial charge in [-0.2, -0.15) is 0 Å². The molecule has 0 saturated carbocycles. The van der Waals surface area contributed by atoms with Crippen molar-refractivity contribution in [2.45, 2.75) is 33.2 Å². The number of likely N-dealkylation sites (tertiary alicyclic amines) is 1. The van der Waals surface area contributed by atoms with Gasteiger partial charge in [0, 0.05) is 24.8 Å². The van der Waals surface area contributed by atoms with Crippen LogP contribution in [0.15, 0.2) is 48.9 Å². The van der Waals surface area contributed by atoms with Crippen molar-refractivity contribution in [1.29, 1.82) is 0 Å². The Morgan fingerprint density at radius 2 is 2.07 bits per heavy atom. The molecule has 2 aromatic heterocycles. The number of amides is 1. The molecule has 3 aromatic rings. The molecule has 28 heavy (non-hydrogen) atoms. The maximum atomic E-state index is 13.0. The largest absolute Gasteiger partial charge is 0.351 e. The number of para-hydroxylation sites is 2. The minimum Gasteiger partial charge on any atom is -0.351 e. The summed E-state index contributed by atoms with van der Waals surface area (Å²) in [6.07, 6.45) is 5.56. The standard InChI is InChI=1S/C22H27N5O/c1-3-26-13-7-11-22(2,15-26)21(28)24-14-17-8-6-12-23-20(17)27-16-25-18-9-4-5-10-19(18)27/h4-6,8-10,12,16H,3,7,11,13-15H2,1-2H3,(H,24,28)/t22-/m0/s1. The molecule has 0 radical (unpaired) electrons. The summed E-state index contributed by atoms with van der Waals surface area (Å²) < 4.78 is 1.98. The van der Waals surface area contributed by atoms with E-state index in [1.807, 2.05) is 41.0 Å². The average molecular weight is 377 g/mol. The maximum Gasteiger partial charge on any atom is 0.227 e. The number of nitrogens with zero attached hydrogens (tertiary/aromatic N) is 4. The van der Waals surface area contributed by atoms with Gasteiger partial charge in [-0.3, -0.25) is 9.36 Å². The first-order valence-electron chi connectivity index (χ1n) is 9.98. The summed E-state index contributed by atoms with van der Waals surface area (Å²) in [6, 6.07) is 11.9. The van der Waals surface area contributed by atoms with Gasteiger partial charge in [0.15, 0.2) is 0 Å². The van der Waals surface area contributed by atoms with Gasteiger partial charge in [-0.25, -0.2) is 9.97 Å². The van der Waals surface area contributed by atoms with E-state index in [9.17, 15) is 4.79 Å². The molecule has 0 spiro atoms. The number of piperidine rings is 1. The second kappa shape index (κ2) is 7.72. The Morgan fingerprint density at radius 1 is 1.21 bits per heavy atom. The highest BCUT2D eigenvalue weighted by Gasteiger charge is 2.37. The van der Waals surface area contributed by atoms with Gasteiger partial charge in [0.1, 0.15) is 12.1 Å². The van der Waals surface area contributed by atoms with Gasteiger partial charge in [0.2, 0.25) is 5.91 Å². The first-order valence-corrected chi connectivity index (χ1v) is 9.98. The Labute approximate surface area is 165 Å². The minimum absolute atomic E-state index is 0.121. The highest BCUT2D eigenvalue weighted by Crippen LogP contribution is 2.30. The third-order valence-corrected chi connectivity index (χ3v) is 5.76. The molecule has 1 amide bonds. The Morgan fingerprint density at radius 3 is 2.93 bits per heavy atom. The zero-order valence-electron chi connectivity index (χ0n) is 16.6. The number of nitrogens with one attached hydrogen (secondary N) is 1. The fourth-order valence-electron chi connectivity index (χ4n) is 4.10. The molecule has 0 aliphatic carbocycles. The zero-order valence-corrected chi connectivity index (χ0v) is 16.6. The molecule has 1 fully saturated rings. The lowest BCUT2D eigenvalue weighted by Crippen LogP contribution is -2.50. The lowest BCUT2D eigenvalue weighted by molar-refractivity contribution is -0.133. The summed E-state index contributed by atoms with van der Waals surface area (Å²) in [4.78, 5) is 24.4. The number of imidazole rings is 1. The van der Waals surface area contributed by atoms with Crippen molar-refractivity contribution >= 4 is 16.9 Å². The van der Waals surface area contributed by atoms with Crippen LogP contribution < -0.4 is 5.32 Å². The molecule has 1 saturated heterocycles. The highest BCUT2D eigenvalue weighted by atomic mass is 16.2. The van der Waals surface area contributed by atoms with E-state index < -0.39 is 0 Å². The van der Waals surface area contributed by atoms with E-state index >= 15 is 0 Å². The van der Waals surface area contributed by atoms with E-state index in [0.29, 0.717) is 6.54 Å². The van der Waals surface area contributed by atoms with Crippen LogP contribution in [0.25, 0.3) is 16.9 Å². The number of aromatic nitrogens is 3. The fraction of sp³-hybridized carbons (Fsp3) is 0.409. The number of fused-ring (bicyclic) bond motifs is 1. The quantitative estimate of drug-likeness (QED) is 0.742. The van der Waals surface area contributed by atoms with Crippen LogP contribution in [0.3, 0.4) is 0 Å². The van der Waals surface area contributed by atoms with Crippen LogP contribution in [-0.2, 0) is 11.3 Å². The normalized spacial score (nSPS) is 20.4. The van der Waals surface area contributed by atoms with Crippen LogP contribution in [0.4, 0.5) is 0 Å². The van der Waals surface area contributed by atoms with Gasteiger partial charge in [-0.05, 0) is 51.1 Å². The van der Waals surface area contributed by atoms with Crippen molar-refractivity contribution in [3.63, 3.8) is 0 Å². The highest BCUT2D eigenvalue weighted by molar-refractivity contribution is 5.82. The number of pyridine rings is 1. The third kappa shape index (κ3) is 3.52. The third-order valence-electron chi connectivity index (χ3n) is 5.76. The molecule has 3 heterocycles. The molecule has 4 rings (SSSR count). The second-order valence-corrected chi connectivity index (χ2v) is 7.81. The van der Waals surface area contributed by atoms with Gasteiger partial charge in [0.05, 0.1) is 16.4 Å². The van der Waals surface area contributed by atoms with Gasteiger partial charge < -0.3 is 10.2 Å². The smallest absolute Gasteiger partial charge is 0.227 e. The van der Waals surface area contributed by atoms with Crippen LogP contribution in [0, 0.1) is 5.41 Å². The van der Waals surface area contributed by atoms with E-state index in [1.54, 1.807) is 12.5 Å². The molecule has 1 aromatic carbocycles. The summed E-state index contributed by atoms with van der Waals surface area (Å²) in [7, 11) is 0. The van der Waals surface area contributed by atoms with Crippen LogP contribution in [-0.4, -0.2) is 45.0 Å². The molecule has 146 valence electrons. The predicted molar refractivity (Wildman–Crippen MR) is 110 cm³/mol. The molecule has 1 N–H and O–H groups in total. The summed E-state index contributed by atoms with van der Waals surface area (Å²) >= 11 is 0. The van der Waals surface area contributed by atoms with Crippen LogP contribution >= 0.6 is 0 Å². The van der Waals surface area contributed by atoms with Crippen molar-refractivity contribution in [3.8, 4) is 5.82 Å². The topological polar surface area (TPSA) is 63.1 Å². The van der Waals surface area contributed by atoms with Crippen molar-refractivity contribution in [3.05, 3.63) is 54.5 Å². The maximum absolute atomic E-state index is 13.0. The zero-order chi connectivity index (χ0) is 19.6. The van der Waals surface area contributed by atoms with E-state index in [1.165, 1.54) is 0 Å². The molecule has 6 nitrogen and oxygen atoms in total. The van der Waals surface area contributed by atoms with Crippen molar-refractivity contribution in [2.75, 3.05) is 19.6 Å². The van der Waals surface area contributed by atoms with Gasteiger partial charge in [0.25, 0.3) is 0 Å². The van der Waals surface area contributed by atoms with Crippen molar-refractivity contribution in [2.24, 2.45) is 5.41 Å². The molecule has 0 bridgehead atoms. The van der Waals surface area contributed by atoms with E-state index in [-0.39, 0.29) is 11.3 Å². The number of benzene rings is 1. The van der Waals surface area contributed by atoms with E-state index in [0.717, 1.165) is 54.9 Å². The number of hydrogen-bond acceptors (Lipinski definition) is 4. The van der Waals surface area contributed by atoms with E-state index in [4.69, 9.17) is 0 Å². The van der Waals surface area contributed by atoms with Crippen LogP contribution in [0.2, 0.25) is 0 Å². The Bertz CT molecular complexity index is 982. The molecule has 1 atom stereocenters. The molecule has 6 heteroatoms. The fourth-order valence-corrected chi connectivity index (χ4v) is 4.10. The Hall–Kier alpha value is -2.73. The minimum atomic E-state index is -0.335. The van der Waals surface area contributed by atoms with Crippen molar-refractivity contribution < 1.29 is 4.79 Å². The van der Waals surface area contributed by atoms with E-state index in [2.05, 4.69) is 34.0 Å².